The minimum atomic E-state index is -0.474. The van der Waals surface area contributed by atoms with Gasteiger partial charge in [-0.2, -0.15) is 0 Å². The van der Waals surface area contributed by atoms with Gasteiger partial charge in [-0.3, -0.25) is 14.4 Å². The summed E-state index contributed by atoms with van der Waals surface area (Å²) >= 11 is 0. The average Bonchev–Trinajstić information content (AvgIpc) is 2.13. The maximum absolute atomic E-state index is 11.3. The van der Waals surface area contributed by atoms with Gasteiger partial charge < -0.3 is 15.8 Å². The van der Waals surface area contributed by atoms with E-state index in [9.17, 15) is 14.4 Å². The van der Waals surface area contributed by atoms with Gasteiger partial charge in [-0.05, 0) is 13.8 Å². The predicted octanol–water partition coefficient (Wildman–Crippen LogP) is -0.290. The molecule has 3 N–H and O–H groups in total. The van der Waals surface area contributed by atoms with Crippen LogP contribution in [-0.2, 0) is 19.1 Å². The molecule has 1 unspecified atom stereocenters. The second-order valence-electron chi connectivity index (χ2n) is 3.44. The Bertz CT molecular complexity index is 266. The molecule has 0 spiro atoms. The molecule has 6 nitrogen and oxygen atoms in total. The van der Waals surface area contributed by atoms with E-state index in [1.807, 2.05) is 0 Å². The minimum Gasteiger partial charge on any atom is -0.466 e. The smallest absolute Gasteiger partial charge is 0.306 e. The molecule has 0 saturated carbocycles. The first kappa shape index (κ1) is 14.4. The summed E-state index contributed by atoms with van der Waals surface area (Å²) in [6, 6.07) is -0.313. The number of nitrogens with one attached hydrogen (secondary N) is 1. The Hall–Kier alpha value is -1.59. The van der Waals surface area contributed by atoms with Crippen LogP contribution in [0, 0.1) is 0 Å². The van der Waals surface area contributed by atoms with Crippen LogP contribution in [0.25, 0.3) is 0 Å². The highest BCUT2D eigenvalue weighted by molar-refractivity contribution is 5.82. The Kier molecular flexibility index (Phi) is 6.91. The number of rotatable bonds is 7. The van der Waals surface area contributed by atoms with Gasteiger partial charge in [0.25, 0.3) is 0 Å². The molecule has 0 saturated heterocycles. The molecule has 0 fully saturated rings. The van der Waals surface area contributed by atoms with E-state index in [4.69, 9.17) is 5.73 Å². The number of hydrogen-bond donors (Lipinski definition) is 2. The van der Waals surface area contributed by atoms with Crippen molar-refractivity contribution in [2.24, 2.45) is 5.73 Å². The molecule has 0 heterocycles. The average molecular weight is 230 g/mol. The van der Waals surface area contributed by atoms with Crippen molar-refractivity contribution in [1.29, 1.82) is 0 Å². The Balaban J connectivity index is 3.73. The lowest BCUT2D eigenvalue weighted by molar-refractivity contribution is -0.144. The molecular weight excluding hydrogens is 212 g/mol. The van der Waals surface area contributed by atoms with E-state index in [0.29, 0.717) is 6.61 Å². The van der Waals surface area contributed by atoms with Gasteiger partial charge in [0.2, 0.25) is 11.8 Å². The second kappa shape index (κ2) is 7.67. The van der Waals surface area contributed by atoms with Gasteiger partial charge in [-0.25, -0.2) is 0 Å². The van der Waals surface area contributed by atoms with Gasteiger partial charge in [0.05, 0.1) is 13.0 Å². The molecule has 0 aliphatic rings. The molecule has 0 rings (SSSR count). The first-order chi connectivity index (χ1) is 7.45. The zero-order chi connectivity index (χ0) is 12.6. The Morgan fingerprint density at radius 1 is 1.31 bits per heavy atom. The number of primary amides is 1. The maximum atomic E-state index is 11.3. The summed E-state index contributed by atoms with van der Waals surface area (Å²) in [5, 5.41) is 2.56. The molecule has 92 valence electrons. The third-order valence-electron chi connectivity index (χ3n) is 1.78. The van der Waals surface area contributed by atoms with Crippen molar-refractivity contribution >= 4 is 17.8 Å². The van der Waals surface area contributed by atoms with Crippen LogP contribution in [0.4, 0.5) is 0 Å². The van der Waals surface area contributed by atoms with Crippen LogP contribution in [-0.4, -0.2) is 30.4 Å². The van der Waals surface area contributed by atoms with Crippen LogP contribution in [0.15, 0.2) is 0 Å². The Morgan fingerprint density at radius 2 is 1.94 bits per heavy atom. The molecule has 0 aliphatic carbocycles. The third-order valence-corrected chi connectivity index (χ3v) is 1.78. The lowest BCUT2D eigenvalue weighted by Gasteiger charge is -2.11. The molecule has 0 aromatic heterocycles. The molecule has 2 amide bonds. The summed E-state index contributed by atoms with van der Waals surface area (Å²) in [6.45, 7) is 3.68. The standard InChI is InChI=1S/C10H18N2O4/c1-3-16-10(15)5-4-9(14)12-7(2)6-8(11)13/h7H,3-6H2,1-2H3,(H2,11,13)(H,12,14). The van der Waals surface area contributed by atoms with E-state index in [1.54, 1.807) is 13.8 Å². The zero-order valence-corrected chi connectivity index (χ0v) is 9.62. The molecule has 0 radical (unpaired) electrons. The molecule has 1 atom stereocenters. The van der Waals surface area contributed by atoms with E-state index in [-0.39, 0.29) is 31.2 Å². The number of carbonyl (C=O) groups is 3. The van der Waals surface area contributed by atoms with Crippen molar-refractivity contribution in [3.63, 3.8) is 0 Å². The fourth-order valence-corrected chi connectivity index (χ4v) is 1.15. The first-order valence-corrected chi connectivity index (χ1v) is 5.19. The van der Waals surface area contributed by atoms with Crippen molar-refractivity contribution < 1.29 is 19.1 Å². The van der Waals surface area contributed by atoms with Gasteiger partial charge in [0.1, 0.15) is 0 Å². The SMILES string of the molecule is CCOC(=O)CCC(=O)NC(C)CC(N)=O. The van der Waals surface area contributed by atoms with Gasteiger partial charge in [-0.1, -0.05) is 0 Å². The number of nitrogens with two attached hydrogens (primary N) is 1. The van der Waals surface area contributed by atoms with Crippen molar-refractivity contribution in [2.45, 2.75) is 39.2 Å². The minimum absolute atomic E-state index is 0.0446. The fraction of sp³-hybridized carbons (Fsp3) is 0.700. The molecule has 16 heavy (non-hydrogen) atoms. The van der Waals surface area contributed by atoms with E-state index >= 15 is 0 Å². The molecule has 0 aromatic carbocycles. The Morgan fingerprint density at radius 3 is 2.44 bits per heavy atom. The van der Waals surface area contributed by atoms with E-state index in [2.05, 4.69) is 10.1 Å². The summed E-state index contributed by atoms with van der Waals surface area (Å²) in [4.78, 5) is 32.7. The Labute approximate surface area is 94.5 Å². The van der Waals surface area contributed by atoms with Crippen molar-refractivity contribution in [2.75, 3.05) is 6.61 Å². The number of ether oxygens (including phenoxy) is 1. The molecular formula is C10H18N2O4. The number of carbonyl (C=O) groups excluding carboxylic acids is 3. The van der Waals surface area contributed by atoms with Crippen LogP contribution in [0.1, 0.15) is 33.1 Å². The fourth-order valence-electron chi connectivity index (χ4n) is 1.15. The summed E-state index contributed by atoms with van der Waals surface area (Å²) in [5.41, 5.74) is 4.97. The van der Waals surface area contributed by atoms with Crippen molar-refractivity contribution in [1.82, 2.24) is 5.32 Å². The topological polar surface area (TPSA) is 98.5 Å². The van der Waals surface area contributed by atoms with Gasteiger partial charge >= 0.3 is 5.97 Å². The second-order valence-corrected chi connectivity index (χ2v) is 3.44. The van der Waals surface area contributed by atoms with Crippen molar-refractivity contribution in [3.8, 4) is 0 Å². The normalized spacial score (nSPS) is 11.6. The third kappa shape index (κ3) is 7.78. The van der Waals surface area contributed by atoms with E-state index in [0.717, 1.165) is 0 Å². The largest absolute Gasteiger partial charge is 0.466 e. The summed E-state index contributed by atoms with van der Waals surface area (Å²) in [7, 11) is 0. The van der Waals surface area contributed by atoms with E-state index in [1.165, 1.54) is 0 Å². The van der Waals surface area contributed by atoms with Crippen molar-refractivity contribution in [3.05, 3.63) is 0 Å². The van der Waals surface area contributed by atoms with Gasteiger partial charge in [0, 0.05) is 18.9 Å². The highest BCUT2D eigenvalue weighted by Gasteiger charge is 2.11. The summed E-state index contributed by atoms with van der Waals surface area (Å²) in [5.74, 6) is -1.17. The summed E-state index contributed by atoms with van der Waals surface area (Å²) in [6.07, 6.45) is 0.191. The van der Waals surface area contributed by atoms with Gasteiger partial charge in [0.15, 0.2) is 0 Å². The van der Waals surface area contributed by atoms with Crippen LogP contribution >= 0.6 is 0 Å². The highest BCUT2D eigenvalue weighted by Crippen LogP contribution is 1.95. The van der Waals surface area contributed by atoms with Gasteiger partial charge in [-0.15, -0.1) is 0 Å². The van der Waals surface area contributed by atoms with Crippen LogP contribution in [0.2, 0.25) is 0 Å². The monoisotopic (exact) mass is 230 g/mol. The summed E-state index contributed by atoms with van der Waals surface area (Å²) < 4.78 is 4.67. The lowest BCUT2D eigenvalue weighted by Crippen LogP contribution is -2.35. The first-order valence-electron chi connectivity index (χ1n) is 5.19. The van der Waals surface area contributed by atoms with Crippen LogP contribution < -0.4 is 11.1 Å². The molecule has 6 heteroatoms. The van der Waals surface area contributed by atoms with Crippen LogP contribution in [0.3, 0.4) is 0 Å². The molecule has 0 aromatic rings. The predicted molar refractivity (Wildman–Crippen MR) is 57.3 cm³/mol. The number of esters is 1. The quantitative estimate of drug-likeness (QED) is 0.587. The highest BCUT2D eigenvalue weighted by atomic mass is 16.5. The molecule has 0 aliphatic heterocycles. The number of hydrogen-bond acceptors (Lipinski definition) is 4. The zero-order valence-electron chi connectivity index (χ0n) is 9.62. The maximum Gasteiger partial charge on any atom is 0.306 e. The van der Waals surface area contributed by atoms with Crippen LogP contribution in [0.5, 0.6) is 0 Å². The lowest BCUT2D eigenvalue weighted by atomic mass is 10.2. The number of amides is 2. The van der Waals surface area contributed by atoms with E-state index < -0.39 is 11.9 Å². The molecule has 0 bridgehead atoms.